The molecule has 0 radical (unpaired) electrons. The molecule has 10 heteroatoms. The van der Waals surface area contributed by atoms with Crippen molar-refractivity contribution in [2.45, 2.75) is 62.5 Å². The number of rotatable bonds is 4. The zero-order valence-corrected chi connectivity index (χ0v) is 13.2. The SMILES string of the molecule is O=S(=O)(N1CCC2(CCCCC2)CC1)C(F)(F)C(F)(F)C(F)F. The Bertz CT molecular complexity index is 521. The summed E-state index contributed by atoms with van der Waals surface area (Å²) in [6.45, 7) is -0.672. The number of sulfonamides is 1. The lowest BCUT2D eigenvalue weighted by Crippen LogP contribution is -2.58. The molecule has 0 unspecified atom stereocenters. The molecule has 0 atom stereocenters. The lowest BCUT2D eigenvalue weighted by molar-refractivity contribution is -0.226. The van der Waals surface area contributed by atoms with Gasteiger partial charge in [0.15, 0.2) is 0 Å². The van der Waals surface area contributed by atoms with Crippen molar-refractivity contribution in [2.24, 2.45) is 5.41 Å². The minimum absolute atomic E-state index is 0.134. The van der Waals surface area contributed by atoms with E-state index >= 15 is 0 Å². The van der Waals surface area contributed by atoms with Crippen LogP contribution >= 0.6 is 0 Å². The average Bonchev–Trinajstić information content (AvgIpc) is 2.48. The van der Waals surface area contributed by atoms with Crippen LogP contribution in [0.15, 0.2) is 0 Å². The van der Waals surface area contributed by atoms with Crippen LogP contribution in [0.5, 0.6) is 0 Å². The van der Waals surface area contributed by atoms with Gasteiger partial charge in [-0.3, -0.25) is 0 Å². The van der Waals surface area contributed by atoms with Gasteiger partial charge in [-0.05, 0) is 31.1 Å². The van der Waals surface area contributed by atoms with E-state index in [2.05, 4.69) is 0 Å². The minimum atomic E-state index is -5.92. The summed E-state index contributed by atoms with van der Waals surface area (Å²) in [7, 11) is -5.85. The third kappa shape index (κ3) is 3.08. The van der Waals surface area contributed by atoms with E-state index in [0.29, 0.717) is 12.8 Å². The monoisotopic (exact) mass is 367 g/mol. The van der Waals surface area contributed by atoms with Crippen molar-refractivity contribution in [1.82, 2.24) is 4.31 Å². The maximum atomic E-state index is 13.6. The Morgan fingerprint density at radius 3 is 1.78 bits per heavy atom. The van der Waals surface area contributed by atoms with Gasteiger partial charge in [0, 0.05) is 13.1 Å². The molecule has 1 saturated carbocycles. The molecule has 3 nitrogen and oxygen atoms in total. The highest BCUT2D eigenvalue weighted by Gasteiger charge is 2.72. The number of piperidine rings is 1. The second-order valence-electron chi connectivity index (χ2n) is 6.41. The van der Waals surface area contributed by atoms with Crippen molar-refractivity contribution in [1.29, 1.82) is 0 Å². The van der Waals surface area contributed by atoms with Gasteiger partial charge >= 0.3 is 17.6 Å². The fourth-order valence-corrected chi connectivity index (χ4v) is 4.88. The van der Waals surface area contributed by atoms with Gasteiger partial charge in [-0.2, -0.15) is 21.9 Å². The Morgan fingerprint density at radius 2 is 1.35 bits per heavy atom. The van der Waals surface area contributed by atoms with Crippen molar-refractivity contribution in [3.8, 4) is 0 Å². The second kappa shape index (κ2) is 6.09. The summed E-state index contributed by atoms with van der Waals surface area (Å²) in [5.74, 6) is -5.92. The number of alkyl halides is 6. The molecule has 23 heavy (non-hydrogen) atoms. The highest BCUT2D eigenvalue weighted by atomic mass is 32.2. The predicted octanol–water partition coefficient (Wildman–Crippen LogP) is 3.86. The van der Waals surface area contributed by atoms with Gasteiger partial charge in [0.1, 0.15) is 0 Å². The number of halogens is 6. The van der Waals surface area contributed by atoms with Crippen molar-refractivity contribution in [3.05, 3.63) is 0 Å². The molecule has 1 saturated heterocycles. The van der Waals surface area contributed by atoms with Crippen molar-refractivity contribution >= 4 is 10.0 Å². The molecule has 0 N–H and O–H groups in total. The van der Waals surface area contributed by atoms with Crippen LogP contribution in [0.25, 0.3) is 0 Å². The number of nitrogens with zero attached hydrogens (tertiary/aromatic N) is 1. The normalized spacial score (nSPS) is 24.3. The van der Waals surface area contributed by atoms with Crippen LogP contribution in [0, 0.1) is 5.41 Å². The topological polar surface area (TPSA) is 37.4 Å². The molecular weight excluding hydrogens is 348 g/mol. The largest absolute Gasteiger partial charge is 0.426 e. The first-order valence-electron chi connectivity index (χ1n) is 7.50. The van der Waals surface area contributed by atoms with Crippen molar-refractivity contribution < 1.29 is 34.8 Å². The van der Waals surface area contributed by atoms with E-state index in [1.165, 1.54) is 0 Å². The Balaban J connectivity index is 2.15. The van der Waals surface area contributed by atoms with E-state index in [1.54, 1.807) is 0 Å². The molecular formula is C13H19F6NO2S. The first kappa shape index (κ1) is 18.8. The number of hydrogen-bond donors (Lipinski definition) is 0. The van der Waals surface area contributed by atoms with Gasteiger partial charge in [-0.1, -0.05) is 19.3 Å². The van der Waals surface area contributed by atoms with E-state index in [4.69, 9.17) is 0 Å². The molecule has 1 aliphatic carbocycles. The summed E-state index contributed by atoms with van der Waals surface area (Å²) in [4.78, 5) is 0. The van der Waals surface area contributed by atoms with E-state index < -0.39 is 27.6 Å². The first-order chi connectivity index (χ1) is 10.5. The molecule has 1 aliphatic heterocycles. The molecule has 2 rings (SSSR count). The van der Waals surface area contributed by atoms with Crippen molar-refractivity contribution in [3.63, 3.8) is 0 Å². The van der Waals surface area contributed by atoms with E-state index in [1.807, 2.05) is 0 Å². The smallest absolute Gasteiger partial charge is 0.206 e. The molecule has 0 aromatic rings. The maximum absolute atomic E-state index is 13.6. The molecule has 0 aromatic heterocycles. The zero-order valence-electron chi connectivity index (χ0n) is 12.4. The third-order valence-corrected chi connectivity index (χ3v) is 6.99. The van der Waals surface area contributed by atoms with Gasteiger partial charge in [-0.25, -0.2) is 17.2 Å². The van der Waals surface area contributed by atoms with Crippen LogP contribution in [0.4, 0.5) is 26.3 Å². The quantitative estimate of drug-likeness (QED) is 0.708. The Morgan fingerprint density at radius 1 is 0.870 bits per heavy atom. The van der Waals surface area contributed by atoms with Gasteiger partial charge < -0.3 is 0 Å². The van der Waals surface area contributed by atoms with Crippen molar-refractivity contribution in [2.75, 3.05) is 13.1 Å². The first-order valence-corrected chi connectivity index (χ1v) is 8.94. The highest BCUT2D eigenvalue weighted by molar-refractivity contribution is 7.90. The van der Waals surface area contributed by atoms with E-state index in [-0.39, 0.29) is 22.8 Å². The molecule has 1 spiro atoms. The lowest BCUT2D eigenvalue weighted by Gasteiger charge is -2.44. The summed E-state index contributed by atoms with van der Waals surface area (Å²) >= 11 is 0. The minimum Gasteiger partial charge on any atom is -0.206 e. The standard InChI is InChI=1S/C13H19F6NO2S/c14-10(15)12(16,17)13(18,19)23(21,22)20-8-6-11(7-9-20)4-2-1-3-5-11/h10H,1-9H2. The summed E-state index contributed by atoms with van der Waals surface area (Å²) in [5, 5.41) is -5.83. The molecule has 0 amide bonds. The summed E-state index contributed by atoms with van der Waals surface area (Å²) in [5.41, 5.74) is -0.134. The van der Waals surface area contributed by atoms with Crippen LogP contribution < -0.4 is 0 Å². The van der Waals surface area contributed by atoms with Crippen LogP contribution in [0.3, 0.4) is 0 Å². The predicted molar refractivity (Wildman–Crippen MR) is 71.1 cm³/mol. The van der Waals surface area contributed by atoms with Gasteiger partial charge in [0.05, 0.1) is 0 Å². The fourth-order valence-electron chi connectivity index (χ4n) is 3.46. The molecule has 0 bridgehead atoms. The van der Waals surface area contributed by atoms with Crippen LogP contribution in [0.1, 0.15) is 44.9 Å². The maximum Gasteiger partial charge on any atom is 0.426 e. The summed E-state index contributed by atoms with van der Waals surface area (Å²) in [6, 6.07) is 0. The molecule has 136 valence electrons. The Hall–Kier alpha value is -0.510. The highest BCUT2D eigenvalue weighted by Crippen LogP contribution is 2.48. The lowest BCUT2D eigenvalue weighted by atomic mass is 9.68. The molecule has 2 aliphatic rings. The summed E-state index contributed by atoms with van der Waals surface area (Å²) in [6.07, 6.45) is 0.517. The van der Waals surface area contributed by atoms with Gasteiger partial charge in [-0.15, -0.1) is 0 Å². The van der Waals surface area contributed by atoms with Gasteiger partial charge in [0.25, 0.3) is 10.0 Å². The Kier molecular flexibility index (Phi) is 4.98. The fraction of sp³-hybridized carbons (Fsp3) is 1.00. The molecule has 0 aromatic carbocycles. The average molecular weight is 367 g/mol. The van der Waals surface area contributed by atoms with Crippen LogP contribution in [-0.4, -0.2) is 43.4 Å². The van der Waals surface area contributed by atoms with E-state index in [0.717, 1.165) is 32.1 Å². The van der Waals surface area contributed by atoms with Crippen LogP contribution in [0.2, 0.25) is 0 Å². The zero-order chi connectivity index (χ0) is 17.5. The third-order valence-electron chi connectivity index (χ3n) is 5.02. The molecule has 1 heterocycles. The van der Waals surface area contributed by atoms with Crippen LogP contribution in [-0.2, 0) is 10.0 Å². The Labute approximate surface area is 131 Å². The summed E-state index contributed by atoms with van der Waals surface area (Å²) < 4.78 is 101. The van der Waals surface area contributed by atoms with E-state index in [9.17, 15) is 34.8 Å². The second-order valence-corrected chi connectivity index (χ2v) is 8.38. The number of hydrogen-bond acceptors (Lipinski definition) is 2. The molecule has 2 fully saturated rings. The van der Waals surface area contributed by atoms with Gasteiger partial charge in [0.2, 0.25) is 0 Å².